The number of nitrogens with zero attached hydrogens (tertiary/aromatic N) is 2. The number of aromatic nitrogens is 2. The Bertz CT molecular complexity index is 804. The van der Waals surface area contributed by atoms with Gasteiger partial charge in [-0.15, -0.1) is 0 Å². The van der Waals surface area contributed by atoms with Gasteiger partial charge in [0.15, 0.2) is 5.82 Å². The average Bonchev–Trinajstić information content (AvgIpc) is 3.08. The van der Waals surface area contributed by atoms with Gasteiger partial charge in [0.05, 0.1) is 24.3 Å². The zero-order chi connectivity index (χ0) is 16.1. The molecular formula is C18H15N3O2. The van der Waals surface area contributed by atoms with Gasteiger partial charge in [-0.1, -0.05) is 29.8 Å². The number of rotatable bonds is 4. The smallest absolute Gasteiger partial charge is 0.248 e. The number of amides is 1. The van der Waals surface area contributed by atoms with Crippen LogP contribution in [0, 0.1) is 6.92 Å². The molecule has 1 N–H and O–H groups in total. The second-order valence-electron chi connectivity index (χ2n) is 5.00. The quantitative estimate of drug-likeness (QED) is 0.746. The number of aryl methyl sites for hydroxylation is 1. The Hall–Kier alpha value is -3.21. The lowest BCUT2D eigenvalue weighted by molar-refractivity contribution is -0.111. The van der Waals surface area contributed by atoms with Crippen LogP contribution in [-0.2, 0) is 4.79 Å². The van der Waals surface area contributed by atoms with E-state index in [9.17, 15) is 4.79 Å². The van der Waals surface area contributed by atoms with Crippen LogP contribution in [0.5, 0.6) is 0 Å². The molecule has 23 heavy (non-hydrogen) atoms. The van der Waals surface area contributed by atoms with Crippen molar-refractivity contribution < 1.29 is 9.21 Å². The van der Waals surface area contributed by atoms with Gasteiger partial charge in [-0.25, -0.2) is 9.97 Å². The number of carbonyl (C=O) groups is 1. The van der Waals surface area contributed by atoms with Crippen molar-refractivity contribution in [2.75, 3.05) is 5.32 Å². The molecule has 0 spiro atoms. The molecule has 114 valence electrons. The van der Waals surface area contributed by atoms with Crippen LogP contribution in [0.1, 0.15) is 11.3 Å². The molecule has 0 aliphatic carbocycles. The molecule has 0 bridgehead atoms. The number of furan rings is 1. The third kappa shape index (κ3) is 3.91. The molecule has 2 aromatic heterocycles. The van der Waals surface area contributed by atoms with Gasteiger partial charge in [-0.2, -0.15) is 0 Å². The number of hydrogen-bond donors (Lipinski definition) is 1. The van der Waals surface area contributed by atoms with Crippen molar-refractivity contribution in [3.05, 3.63) is 72.5 Å². The van der Waals surface area contributed by atoms with Gasteiger partial charge in [0.2, 0.25) is 5.91 Å². The first-order chi connectivity index (χ1) is 11.2. The largest absolute Gasteiger partial charge is 0.465 e. The Morgan fingerprint density at radius 1 is 1.13 bits per heavy atom. The van der Waals surface area contributed by atoms with Gasteiger partial charge in [-0.05, 0) is 25.1 Å². The van der Waals surface area contributed by atoms with E-state index in [-0.39, 0.29) is 5.91 Å². The van der Waals surface area contributed by atoms with E-state index in [2.05, 4.69) is 15.3 Å². The number of carbonyl (C=O) groups excluding carboxylic acids is 1. The summed E-state index contributed by atoms with van der Waals surface area (Å²) in [4.78, 5) is 20.4. The Morgan fingerprint density at radius 3 is 2.52 bits per heavy atom. The fraction of sp³-hybridized carbons (Fsp3) is 0.0556. The van der Waals surface area contributed by atoms with Gasteiger partial charge in [-0.3, -0.25) is 4.79 Å². The van der Waals surface area contributed by atoms with Crippen LogP contribution in [0.15, 0.2) is 65.5 Å². The fourth-order valence-electron chi connectivity index (χ4n) is 1.97. The van der Waals surface area contributed by atoms with Gasteiger partial charge in [0.25, 0.3) is 0 Å². The normalized spacial score (nSPS) is 10.8. The van der Waals surface area contributed by atoms with E-state index in [0.29, 0.717) is 17.3 Å². The highest BCUT2D eigenvalue weighted by Gasteiger charge is 2.03. The summed E-state index contributed by atoms with van der Waals surface area (Å²) in [5.74, 6) is 0.966. The Kier molecular flexibility index (Phi) is 4.29. The maximum Gasteiger partial charge on any atom is 0.248 e. The summed E-state index contributed by atoms with van der Waals surface area (Å²) in [6.07, 6.45) is 7.71. The molecule has 0 fully saturated rings. The van der Waals surface area contributed by atoms with Crippen molar-refractivity contribution in [1.29, 1.82) is 0 Å². The average molecular weight is 305 g/mol. The maximum atomic E-state index is 11.8. The third-order valence-corrected chi connectivity index (χ3v) is 3.17. The summed E-state index contributed by atoms with van der Waals surface area (Å²) in [5, 5.41) is 2.70. The fourth-order valence-corrected chi connectivity index (χ4v) is 1.97. The highest BCUT2D eigenvalue weighted by atomic mass is 16.3. The molecular weight excluding hydrogens is 290 g/mol. The zero-order valence-corrected chi connectivity index (χ0v) is 12.6. The van der Waals surface area contributed by atoms with Crippen LogP contribution in [-0.4, -0.2) is 15.9 Å². The third-order valence-electron chi connectivity index (χ3n) is 3.17. The SMILES string of the molecule is Cc1ccc(-c2ncc(NC(=O)C=Cc3ccco3)cn2)cc1. The molecule has 1 aromatic carbocycles. The molecule has 3 rings (SSSR count). The van der Waals surface area contributed by atoms with Crippen molar-refractivity contribution in [3.8, 4) is 11.4 Å². The molecule has 3 aromatic rings. The zero-order valence-electron chi connectivity index (χ0n) is 12.6. The molecule has 0 saturated heterocycles. The molecule has 2 heterocycles. The summed E-state index contributed by atoms with van der Waals surface area (Å²) in [6, 6.07) is 11.5. The van der Waals surface area contributed by atoms with Crippen molar-refractivity contribution in [2.24, 2.45) is 0 Å². The minimum atomic E-state index is -0.270. The van der Waals surface area contributed by atoms with Crippen molar-refractivity contribution >= 4 is 17.7 Å². The first-order valence-corrected chi connectivity index (χ1v) is 7.12. The Balaban J connectivity index is 1.65. The van der Waals surface area contributed by atoms with E-state index >= 15 is 0 Å². The van der Waals surface area contributed by atoms with E-state index in [1.54, 1.807) is 36.9 Å². The highest BCUT2D eigenvalue weighted by Crippen LogP contribution is 2.16. The van der Waals surface area contributed by atoms with E-state index in [4.69, 9.17) is 4.42 Å². The molecule has 0 atom stereocenters. The van der Waals surface area contributed by atoms with Crippen LogP contribution in [0.4, 0.5) is 5.69 Å². The van der Waals surface area contributed by atoms with Crippen LogP contribution in [0.2, 0.25) is 0 Å². The van der Waals surface area contributed by atoms with Crippen molar-refractivity contribution in [3.63, 3.8) is 0 Å². The molecule has 0 radical (unpaired) electrons. The monoisotopic (exact) mass is 305 g/mol. The van der Waals surface area contributed by atoms with Gasteiger partial charge in [0.1, 0.15) is 5.76 Å². The minimum absolute atomic E-state index is 0.270. The van der Waals surface area contributed by atoms with E-state index in [1.807, 2.05) is 31.2 Å². The minimum Gasteiger partial charge on any atom is -0.465 e. The first-order valence-electron chi connectivity index (χ1n) is 7.12. The number of benzene rings is 1. The lowest BCUT2D eigenvalue weighted by Gasteiger charge is -2.03. The van der Waals surface area contributed by atoms with E-state index < -0.39 is 0 Å². The predicted octanol–water partition coefficient (Wildman–Crippen LogP) is 3.70. The summed E-state index contributed by atoms with van der Waals surface area (Å²) in [7, 11) is 0. The molecule has 5 nitrogen and oxygen atoms in total. The van der Waals surface area contributed by atoms with E-state index in [1.165, 1.54) is 11.6 Å². The van der Waals surface area contributed by atoms with Crippen LogP contribution < -0.4 is 5.32 Å². The van der Waals surface area contributed by atoms with Gasteiger partial charge < -0.3 is 9.73 Å². The Morgan fingerprint density at radius 2 is 1.87 bits per heavy atom. The van der Waals surface area contributed by atoms with Gasteiger partial charge in [0, 0.05) is 11.6 Å². The summed E-state index contributed by atoms with van der Waals surface area (Å²) < 4.78 is 5.12. The summed E-state index contributed by atoms with van der Waals surface area (Å²) in [5.41, 5.74) is 2.65. The lowest BCUT2D eigenvalue weighted by atomic mass is 10.1. The topological polar surface area (TPSA) is 68.0 Å². The maximum absolute atomic E-state index is 11.8. The van der Waals surface area contributed by atoms with Crippen molar-refractivity contribution in [2.45, 2.75) is 6.92 Å². The molecule has 1 amide bonds. The van der Waals surface area contributed by atoms with Crippen LogP contribution in [0.3, 0.4) is 0 Å². The standard InChI is InChI=1S/C18H15N3O2/c1-13-4-6-14(7-5-13)18-19-11-15(12-20-18)21-17(22)9-8-16-3-2-10-23-16/h2-12H,1H3,(H,21,22). The molecule has 0 aliphatic heterocycles. The molecule has 0 unspecified atom stereocenters. The molecule has 0 saturated carbocycles. The van der Waals surface area contributed by atoms with Gasteiger partial charge >= 0.3 is 0 Å². The predicted molar refractivity (Wildman–Crippen MR) is 88.6 cm³/mol. The van der Waals surface area contributed by atoms with Crippen LogP contribution >= 0.6 is 0 Å². The number of hydrogen-bond acceptors (Lipinski definition) is 4. The van der Waals surface area contributed by atoms with Crippen molar-refractivity contribution in [1.82, 2.24) is 9.97 Å². The number of nitrogens with one attached hydrogen (secondary N) is 1. The highest BCUT2D eigenvalue weighted by molar-refractivity contribution is 6.01. The van der Waals surface area contributed by atoms with Crippen LogP contribution in [0.25, 0.3) is 17.5 Å². The second kappa shape index (κ2) is 6.70. The lowest BCUT2D eigenvalue weighted by Crippen LogP contribution is -2.08. The molecule has 0 aliphatic rings. The Labute approximate surface area is 133 Å². The molecule has 5 heteroatoms. The first kappa shape index (κ1) is 14.7. The number of anilines is 1. The summed E-state index contributed by atoms with van der Waals surface area (Å²) in [6.45, 7) is 2.03. The van der Waals surface area contributed by atoms with E-state index in [0.717, 1.165) is 5.56 Å². The second-order valence-corrected chi connectivity index (χ2v) is 5.00. The summed E-state index contributed by atoms with van der Waals surface area (Å²) >= 11 is 0.